The van der Waals surface area contributed by atoms with Gasteiger partial charge in [0.1, 0.15) is 5.82 Å². The number of rotatable bonds is 4. The van der Waals surface area contributed by atoms with E-state index in [1.54, 1.807) is 13.2 Å². The highest BCUT2D eigenvalue weighted by atomic mass is 35.5. The number of nitrogens with one attached hydrogen (secondary N) is 2. The average molecular weight is 345 g/mol. The molecule has 1 fully saturated rings. The molecule has 0 aliphatic carbocycles. The van der Waals surface area contributed by atoms with E-state index in [-0.39, 0.29) is 36.8 Å². The Hall–Kier alpha value is -1.21. The Morgan fingerprint density at radius 1 is 1.55 bits per heavy atom. The minimum atomic E-state index is -0.308. The van der Waals surface area contributed by atoms with Crippen molar-refractivity contribution in [3.8, 4) is 0 Å². The number of carbonyl (C=O) groups excluding carboxylic acids is 1. The molecule has 120 valence electrons. The van der Waals surface area contributed by atoms with E-state index in [9.17, 15) is 9.18 Å². The molecule has 2 N–H and O–H groups in total. The molecular weight excluding hydrogens is 327 g/mol. The number of hydrogen-bond acceptors (Lipinski definition) is 4. The molecule has 4 nitrogen and oxygen atoms in total. The molecule has 2 aromatic rings. The fraction of sp³-hybridized carbons (Fsp3) is 0.400. The quantitative estimate of drug-likeness (QED) is 0.896. The van der Waals surface area contributed by atoms with Gasteiger partial charge < -0.3 is 15.4 Å². The zero-order chi connectivity index (χ0) is 14.8. The van der Waals surface area contributed by atoms with Gasteiger partial charge in [0.2, 0.25) is 0 Å². The Labute approximate surface area is 138 Å². The molecule has 1 aromatic carbocycles. The Balaban J connectivity index is 0.00000176. The average Bonchev–Trinajstić information content (AvgIpc) is 3.08. The molecule has 7 heteroatoms. The predicted molar refractivity (Wildman–Crippen MR) is 88.5 cm³/mol. The Bertz CT molecular complexity index is 671. The number of halogens is 2. The molecule has 2 heterocycles. The fourth-order valence-corrected chi connectivity index (χ4v) is 3.79. The second kappa shape index (κ2) is 7.37. The lowest BCUT2D eigenvalue weighted by Crippen LogP contribution is -2.36. The molecule has 1 amide bonds. The van der Waals surface area contributed by atoms with Gasteiger partial charge in [0.15, 0.2) is 0 Å². The second-order valence-corrected chi connectivity index (χ2v) is 6.17. The number of methoxy groups -OCH3 is 1. The van der Waals surface area contributed by atoms with Crippen LogP contribution < -0.4 is 10.6 Å². The summed E-state index contributed by atoms with van der Waals surface area (Å²) in [5.74, 6) is -0.450. The number of benzene rings is 1. The molecule has 3 rings (SSSR count). The van der Waals surface area contributed by atoms with Gasteiger partial charge >= 0.3 is 0 Å². The summed E-state index contributed by atoms with van der Waals surface area (Å²) in [7, 11) is 1.55. The third-order valence-corrected chi connectivity index (χ3v) is 4.85. The molecule has 22 heavy (non-hydrogen) atoms. The highest BCUT2D eigenvalue weighted by Crippen LogP contribution is 2.33. The summed E-state index contributed by atoms with van der Waals surface area (Å²) in [5.41, 5.74) is 0.638. The van der Waals surface area contributed by atoms with Crippen molar-refractivity contribution in [2.75, 3.05) is 20.2 Å². The van der Waals surface area contributed by atoms with Crippen molar-refractivity contribution in [2.45, 2.75) is 19.1 Å². The summed E-state index contributed by atoms with van der Waals surface area (Å²) in [6, 6.07) is 5.04. The number of hydrogen-bond donors (Lipinski definition) is 2. The first kappa shape index (κ1) is 17.1. The zero-order valence-electron chi connectivity index (χ0n) is 12.1. The summed E-state index contributed by atoms with van der Waals surface area (Å²) in [6.07, 6.45) is 0.921. The van der Waals surface area contributed by atoms with Gasteiger partial charge in [0.05, 0.1) is 11.5 Å². The van der Waals surface area contributed by atoms with E-state index in [4.69, 9.17) is 4.74 Å². The van der Waals surface area contributed by atoms with Crippen molar-refractivity contribution < 1.29 is 13.9 Å². The maximum atomic E-state index is 14.1. The van der Waals surface area contributed by atoms with Crippen LogP contribution in [-0.4, -0.2) is 32.1 Å². The third-order valence-electron chi connectivity index (χ3n) is 3.65. The van der Waals surface area contributed by atoms with Crippen molar-refractivity contribution in [1.82, 2.24) is 10.6 Å². The maximum absolute atomic E-state index is 14.1. The number of fused-ring (bicyclic) bond motifs is 1. The Morgan fingerprint density at radius 3 is 3.05 bits per heavy atom. The minimum absolute atomic E-state index is 0. The maximum Gasteiger partial charge on any atom is 0.262 e. The van der Waals surface area contributed by atoms with Gasteiger partial charge in [-0.05, 0) is 25.1 Å². The van der Waals surface area contributed by atoms with Gasteiger partial charge in [-0.25, -0.2) is 4.39 Å². The van der Waals surface area contributed by atoms with E-state index in [2.05, 4.69) is 10.6 Å². The van der Waals surface area contributed by atoms with Crippen LogP contribution in [0.5, 0.6) is 0 Å². The van der Waals surface area contributed by atoms with E-state index < -0.39 is 0 Å². The van der Waals surface area contributed by atoms with Gasteiger partial charge in [-0.15, -0.1) is 23.7 Å². The van der Waals surface area contributed by atoms with Crippen molar-refractivity contribution in [2.24, 2.45) is 0 Å². The molecule has 1 saturated heterocycles. The first-order chi connectivity index (χ1) is 10.2. The Kier molecular flexibility index (Phi) is 5.74. The van der Waals surface area contributed by atoms with Gasteiger partial charge in [-0.1, -0.05) is 6.07 Å². The highest BCUT2D eigenvalue weighted by Gasteiger charge is 2.23. The molecule has 0 radical (unpaired) electrons. The van der Waals surface area contributed by atoms with Crippen molar-refractivity contribution >= 4 is 39.7 Å². The molecule has 1 unspecified atom stereocenters. The second-order valence-electron chi connectivity index (χ2n) is 5.12. The van der Waals surface area contributed by atoms with Crippen LogP contribution in [0.3, 0.4) is 0 Å². The fourth-order valence-electron chi connectivity index (χ4n) is 2.66. The van der Waals surface area contributed by atoms with Gasteiger partial charge in [-0.3, -0.25) is 4.79 Å². The summed E-state index contributed by atoms with van der Waals surface area (Å²) in [4.78, 5) is 13.0. The summed E-state index contributed by atoms with van der Waals surface area (Å²) in [5, 5.41) is 6.71. The predicted octanol–water partition coefficient (Wildman–Crippen LogP) is 2.70. The van der Waals surface area contributed by atoms with Crippen LogP contribution in [0.2, 0.25) is 0 Å². The summed E-state index contributed by atoms with van der Waals surface area (Å²) < 4.78 is 20.0. The lowest BCUT2D eigenvalue weighted by Gasteiger charge is -2.11. The molecular formula is C15H18ClFN2O2S. The molecule has 0 saturated carbocycles. The van der Waals surface area contributed by atoms with Gasteiger partial charge in [-0.2, -0.15) is 0 Å². The van der Waals surface area contributed by atoms with Gasteiger partial charge in [0.25, 0.3) is 5.91 Å². The lowest BCUT2D eigenvalue weighted by molar-refractivity contribution is 0.0940. The number of ether oxygens (including phenoxy) is 1. The van der Waals surface area contributed by atoms with E-state index in [1.165, 1.54) is 17.4 Å². The van der Waals surface area contributed by atoms with Crippen molar-refractivity contribution in [3.05, 3.63) is 34.5 Å². The van der Waals surface area contributed by atoms with Gasteiger partial charge in [0, 0.05) is 35.3 Å². The number of thiophene rings is 1. The van der Waals surface area contributed by atoms with Crippen molar-refractivity contribution in [1.29, 1.82) is 0 Å². The highest BCUT2D eigenvalue weighted by molar-refractivity contribution is 7.21. The van der Waals surface area contributed by atoms with E-state index >= 15 is 0 Å². The Morgan fingerprint density at radius 2 is 2.36 bits per heavy atom. The first-order valence-electron chi connectivity index (χ1n) is 6.91. The van der Waals surface area contributed by atoms with Crippen molar-refractivity contribution in [3.63, 3.8) is 0 Å². The van der Waals surface area contributed by atoms with Crippen LogP contribution in [-0.2, 0) is 11.3 Å². The van der Waals surface area contributed by atoms with E-state index in [0.29, 0.717) is 15.8 Å². The van der Waals surface area contributed by atoms with Crippen LogP contribution in [0.1, 0.15) is 21.7 Å². The zero-order valence-corrected chi connectivity index (χ0v) is 13.8. The minimum Gasteiger partial charge on any atom is -0.380 e. The van der Waals surface area contributed by atoms with Crippen LogP contribution in [0.15, 0.2) is 18.2 Å². The van der Waals surface area contributed by atoms with Crippen LogP contribution in [0.4, 0.5) is 4.39 Å². The largest absolute Gasteiger partial charge is 0.380 e. The van der Waals surface area contributed by atoms with Crippen LogP contribution in [0.25, 0.3) is 10.1 Å². The first-order valence-corrected chi connectivity index (χ1v) is 7.72. The molecule has 1 atom stereocenters. The third kappa shape index (κ3) is 3.25. The monoisotopic (exact) mass is 344 g/mol. The molecule has 1 aromatic heterocycles. The number of amides is 1. The van der Waals surface area contributed by atoms with Crippen LogP contribution in [0, 0.1) is 5.82 Å². The standard InChI is InChI=1S/C15H17FN2O2S.ClH/c1-20-8-10-13-11(16)3-2-4-12(13)21-14(10)15(19)18-9-5-6-17-7-9;/h2-4,9,17H,5-8H2,1H3,(H,18,19);1H. The summed E-state index contributed by atoms with van der Waals surface area (Å²) in [6.45, 7) is 1.92. The summed E-state index contributed by atoms with van der Waals surface area (Å²) >= 11 is 1.32. The molecule has 0 spiro atoms. The smallest absolute Gasteiger partial charge is 0.262 e. The normalized spacial score (nSPS) is 17.5. The lowest BCUT2D eigenvalue weighted by atomic mass is 10.1. The number of carbonyl (C=O) groups is 1. The molecule has 1 aliphatic heterocycles. The van der Waals surface area contributed by atoms with Crippen LogP contribution >= 0.6 is 23.7 Å². The van der Waals surface area contributed by atoms with E-state index in [1.807, 2.05) is 6.07 Å². The topological polar surface area (TPSA) is 50.4 Å². The van der Waals surface area contributed by atoms with E-state index in [0.717, 1.165) is 24.2 Å². The molecule has 0 bridgehead atoms. The SMILES string of the molecule is COCc1c(C(=O)NC2CCNC2)sc2cccc(F)c12.Cl. The molecule has 1 aliphatic rings.